The van der Waals surface area contributed by atoms with Gasteiger partial charge in [0.2, 0.25) is 5.91 Å². The van der Waals surface area contributed by atoms with Gasteiger partial charge in [-0.25, -0.2) is 0 Å². The van der Waals surface area contributed by atoms with E-state index in [4.69, 9.17) is 9.47 Å². The molecule has 0 bridgehead atoms. The standard InChI is InChI=1S/C41H79NO8/c1-3-5-7-9-11-13-15-16-17-18-19-20-21-23-25-27-29-31-37(45)42-34(33-49-41-40(48)39(47)38(46)36(32-43)50-41)35(44)30-28-26-24-22-14-12-10-8-6-4-2/h14,22,34-36,38-41,43-44,46-48H,3-13,15-21,23-33H2,1-2H3,(H,42,45)/b22-14+/t34-,35+,36-,38-,39?,40?,41-/m0/s1. The van der Waals surface area contributed by atoms with Crippen LogP contribution in [0.4, 0.5) is 0 Å². The van der Waals surface area contributed by atoms with Crippen LogP contribution in [0.2, 0.25) is 0 Å². The maximum Gasteiger partial charge on any atom is 0.220 e. The quantitative estimate of drug-likeness (QED) is 0.0293. The lowest BCUT2D eigenvalue weighted by Gasteiger charge is -2.40. The lowest BCUT2D eigenvalue weighted by Crippen LogP contribution is -2.60. The van der Waals surface area contributed by atoms with E-state index in [-0.39, 0.29) is 12.5 Å². The molecule has 296 valence electrons. The fraction of sp³-hybridized carbons (Fsp3) is 0.927. The monoisotopic (exact) mass is 714 g/mol. The third-order valence-electron chi connectivity index (χ3n) is 10.1. The van der Waals surface area contributed by atoms with Gasteiger partial charge in [0.25, 0.3) is 0 Å². The van der Waals surface area contributed by atoms with Crippen molar-refractivity contribution < 1.29 is 39.8 Å². The molecule has 1 aliphatic heterocycles. The summed E-state index contributed by atoms with van der Waals surface area (Å²) in [5.74, 6) is -0.154. The van der Waals surface area contributed by atoms with Crippen molar-refractivity contribution in [2.45, 2.75) is 230 Å². The lowest BCUT2D eigenvalue weighted by molar-refractivity contribution is -0.302. The topological polar surface area (TPSA) is 149 Å². The molecule has 0 spiro atoms. The van der Waals surface area contributed by atoms with Crippen LogP contribution < -0.4 is 5.32 Å². The largest absolute Gasteiger partial charge is 0.394 e. The van der Waals surface area contributed by atoms with Gasteiger partial charge in [-0.1, -0.05) is 154 Å². The molecule has 1 amide bonds. The van der Waals surface area contributed by atoms with E-state index >= 15 is 0 Å². The van der Waals surface area contributed by atoms with Crippen molar-refractivity contribution in [2.24, 2.45) is 0 Å². The Balaban J connectivity index is 2.34. The molecule has 0 aromatic heterocycles. The van der Waals surface area contributed by atoms with Crippen molar-refractivity contribution in [3.63, 3.8) is 0 Å². The number of nitrogens with one attached hydrogen (secondary N) is 1. The van der Waals surface area contributed by atoms with Gasteiger partial charge in [0, 0.05) is 6.42 Å². The number of hydrogen-bond acceptors (Lipinski definition) is 8. The molecule has 1 saturated heterocycles. The second-order valence-corrected chi connectivity index (χ2v) is 14.8. The molecule has 0 aliphatic carbocycles. The number of aliphatic hydroxyl groups excluding tert-OH is 5. The van der Waals surface area contributed by atoms with Gasteiger partial charge in [-0.3, -0.25) is 4.79 Å². The van der Waals surface area contributed by atoms with E-state index < -0.39 is 49.5 Å². The summed E-state index contributed by atoms with van der Waals surface area (Å²) in [7, 11) is 0. The van der Waals surface area contributed by atoms with E-state index in [0.717, 1.165) is 44.9 Å². The maximum atomic E-state index is 12.9. The van der Waals surface area contributed by atoms with Gasteiger partial charge < -0.3 is 40.3 Å². The van der Waals surface area contributed by atoms with Crippen LogP contribution in [0.15, 0.2) is 12.2 Å². The maximum absolute atomic E-state index is 12.9. The molecule has 1 rings (SSSR count). The minimum absolute atomic E-state index is 0.147. The van der Waals surface area contributed by atoms with E-state index in [1.165, 1.54) is 116 Å². The third-order valence-corrected chi connectivity index (χ3v) is 10.1. The summed E-state index contributed by atoms with van der Waals surface area (Å²) < 4.78 is 11.2. The van der Waals surface area contributed by atoms with E-state index in [1.54, 1.807) is 0 Å². The Morgan fingerprint density at radius 2 is 1.12 bits per heavy atom. The van der Waals surface area contributed by atoms with Crippen LogP contribution in [0.25, 0.3) is 0 Å². The van der Waals surface area contributed by atoms with Crippen LogP contribution >= 0.6 is 0 Å². The minimum Gasteiger partial charge on any atom is -0.394 e. The van der Waals surface area contributed by atoms with Crippen LogP contribution in [0.1, 0.15) is 187 Å². The molecule has 50 heavy (non-hydrogen) atoms. The van der Waals surface area contributed by atoms with Crippen LogP contribution in [0, 0.1) is 0 Å². The summed E-state index contributed by atoms with van der Waals surface area (Å²) >= 11 is 0. The molecule has 0 radical (unpaired) electrons. The second-order valence-electron chi connectivity index (χ2n) is 14.8. The van der Waals surface area contributed by atoms with Crippen LogP contribution in [0.5, 0.6) is 0 Å². The van der Waals surface area contributed by atoms with Crippen LogP contribution in [-0.2, 0) is 14.3 Å². The molecule has 1 aliphatic rings. The fourth-order valence-corrected chi connectivity index (χ4v) is 6.68. The van der Waals surface area contributed by atoms with Crippen molar-refractivity contribution in [3.8, 4) is 0 Å². The van der Waals surface area contributed by atoms with Crippen molar-refractivity contribution in [2.75, 3.05) is 13.2 Å². The molecular weight excluding hydrogens is 634 g/mol. The Labute approximate surface area is 306 Å². The minimum atomic E-state index is -1.55. The summed E-state index contributed by atoms with van der Waals surface area (Å²) in [6.07, 6.45) is 28.0. The predicted molar refractivity (Wildman–Crippen MR) is 203 cm³/mol. The highest BCUT2D eigenvalue weighted by Crippen LogP contribution is 2.23. The van der Waals surface area contributed by atoms with Crippen molar-refractivity contribution in [1.82, 2.24) is 5.32 Å². The molecule has 1 heterocycles. The molecule has 0 saturated carbocycles. The second kappa shape index (κ2) is 32.6. The van der Waals surface area contributed by atoms with Crippen molar-refractivity contribution >= 4 is 5.91 Å². The highest BCUT2D eigenvalue weighted by atomic mass is 16.7. The molecule has 6 N–H and O–H groups in total. The average Bonchev–Trinajstić information content (AvgIpc) is 3.11. The molecule has 9 heteroatoms. The van der Waals surface area contributed by atoms with Gasteiger partial charge in [-0.05, 0) is 38.5 Å². The number of carbonyl (C=O) groups is 1. The zero-order valence-electron chi connectivity index (χ0n) is 32.2. The average molecular weight is 714 g/mol. The summed E-state index contributed by atoms with van der Waals surface area (Å²) in [5.41, 5.74) is 0. The Kier molecular flexibility index (Phi) is 30.6. The molecule has 0 aromatic carbocycles. The van der Waals surface area contributed by atoms with Gasteiger partial charge in [0.1, 0.15) is 24.4 Å². The number of amides is 1. The summed E-state index contributed by atoms with van der Waals surface area (Å²) in [5, 5.41) is 54.0. The molecular formula is C41H79NO8. The number of ether oxygens (including phenoxy) is 2. The number of allylic oxidation sites excluding steroid dienone is 2. The van der Waals surface area contributed by atoms with Gasteiger partial charge in [0.05, 0.1) is 25.4 Å². The summed E-state index contributed by atoms with van der Waals surface area (Å²) in [6.45, 7) is 3.78. The first-order chi connectivity index (χ1) is 24.3. The van der Waals surface area contributed by atoms with Crippen LogP contribution in [0.3, 0.4) is 0 Å². The first-order valence-corrected chi connectivity index (χ1v) is 20.9. The van der Waals surface area contributed by atoms with Gasteiger partial charge in [-0.2, -0.15) is 0 Å². The molecule has 9 nitrogen and oxygen atoms in total. The summed E-state index contributed by atoms with van der Waals surface area (Å²) in [6, 6.07) is -0.727. The van der Waals surface area contributed by atoms with Gasteiger partial charge >= 0.3 is 0 Å². The SMILES string of the molecule is CCCCCC/C=C/CCCC[C@@H](O)[C@H](CO[C@H]1O[C@@H](CO)[C@H](O)C(O)C1O)NC(=O)CCCCCCCCCCCCCCCCCCC. The van der Waals surface area contributed by atoms with Gasteiger partial charge in [-0.15, -0.1) is 0 Å². The van der Waals surface area contributed by atoms with Gasteiger partial charge in [0.15, 0.2) is 6.29 Å². The highest BCUT2D eigenvalue weighted by Gasteiger charge is 2.44. The third kappa shape index (κ3) is 23.5. The first kappa shape index (κ1) is 47.0. The number of rotatable bonds is 34. The Hall–Kier alpha value is -1.07. The van der Waals surface area contributed by atoms with E-state index in [2.05, 4.69) is 31.3 Å². The van der Waals surface area contributed by atoms with Crippen molar-refractivity contribution in [1.29, 1.82) is 0 Å². The highest BCUT2D eigenvalue weighted by molar-refractivity contribution is 5.76. The first-order valence-electron chi connectivity index (χ1n) is 20.9. The van der Waals surface area contributed by atoms with E-state index in [0.29, 0.717) is 12.8 Å². The zero-order chi connectivity index (χ0) is 36.7. The molecule has 1 fully saturated rings. The predicted octanol–water partition coefficient (Wildman–Crippen LogP) is 7.78. The number of hydrogen-bond donors (Lipinski definition) is 6. The van der Waals surface area contributed by atoms with Crippen LogP contribution in [-0.4, -0.2) is 87.5 Å². The Morgan fingerprint density at radius 1 is 0.660 bits per heavy atom. The summed E-state index contributed by atoms with van der Waals surface area (Å²) in [4.78, 5) is 12.9. The Bertz CT molecular complexity index is 797. The number of unbranched alkanes of at least 4 members (excludes halogenated alkanes) is 22. The smallest absolute Gasteiger partial charge is 0.220 e. The van der Waals surface area contributed by atoms with E-state index in [1.807, 2.05) is 0 Å². The molecule has 0 aromatic rings. The normalized spacial score (nSPS) is 22.3. The molecule has 2 unspecified atom stereocenters. The Morgan fingerprint density at radius 3 is 1.62 bits per heavy atom. The number of aliphatic hydroxyl groups is 5. The zero-order valence-corrected chi connectivity index (χ0v) is 32.2. The lowest BCUT2D eigenvalue weighted by atomic mass is 9.99. The van der Waals surface area contributed by atoms with E-state index in [9.17, 15) is 30.3 Å². The fourth-order valence-electron chi connectivity index (χ4n) is 6.68. The number of carbonyl (C=O) groups excluding carboxylic acids is 1. The molecule has 7 atom stereocenters. The van der Waals surface area contributed by atoms with Crippen molar-refractivity contribution in [3.05, 3.63) is 12.2 Å².